The predicted molar refractivity (Wildman–Crippen MR) is 137 cm³/mol. The predicted octanol–water partition coefficient (Wildman–Crippen LogP) is 7.73. The molecule has 1 aromatic rings. The Morgan fingerprint density at radius 2 is 1.97 bits per heavy atom. The Morgan fingerprint density at radius 3 is 2.67 bits per heavy atom. The van der Waals surface area contributed by atoms with Crippen molar-refractivity contribution in [2.45, 2.75) is 66.2 Å². The van der Waals surface area contributed by atoms with E-state index in [9.17, 15) is 0 Å². The van der Waals surface area contributed by atoms with E-state index in [4.69, 9.17) is 0 Å². The van der Waals surface area contributed by atoms with E-state index in [0.717, 1.165) is 18.8 Å². The Balaban J connectivity index is 1.93. The summed E-state index contributed by atoms with van der Waals surface area (Å²) in [5, 5.41) is 4.23. The third-order valence-electron chi connectivity index (χ3n) is 5.81. The normalized spacial score (nSPS) is 20.1. The minimum absolute atomic E-state index is 0.261. The van der Waals surface area contributed by atoms with Gasteiger partial charge in [-0.25, -0.2) is 0 Å². The van der Waals surface area contributed by atoms with Gasteiger partial charge < -0.3 is 5.32 Å². The molecule has 1 aromatic carbocycles. The van der Waals surface area contributed by atoms with Crippen molar-refractivity contribution in [3.63, 3.8) is 0 Å². The summed E-state index contributed by atoms with van der Waals surface area (Å²) in [6.45, 7) is 15.8. The Bertz CT molecular complexity index is 765. The van der Waals surface area contributed by atoms with Crippen LogP contribution in [0.3, 0.4) is 0 Å². The molecule has 0 bridgehead atoms. The monoisotopic (exact) mass is 423 g/mol. The van der Waals surface area contributed by atoms with Gasteiger partial charge in [-0.3, -0.25) is 0 Å². The first-order valence-electron chi connectivity index (χ1n) is 11.4. The molecule has 0 aromatic heterocycles. The molecule has 0 aliphatic heterocycles. The molecule has 1 N–H and O–H groups in total. The molecule has 0 fully saturated rings. The summed E-state index contributed by atoms with van der Waals surface area (Å²) in [5.74, 6) is 1.76. The van der Waals surface area contributed by atoms with Crippen LogP contribution in [-0.2, 0) is 6.54 Å². The second kappa shape index (κ2) is 12.4. The number of thioether (sulfide) groups is 1. The van der Waals surface area contributed by atoms with Crippen molar-refractivity contribution in [1.29, 1.82) is 0 Å². The van der Waals surface area contributed by atoms with Gasteiger partial charge in [0.05, 0.1) is 0 Å². The van der Waals surface area contributed by atoms with Crippen LogP contribution in [0.5, 0.6) is 0 Å². The quantitative estimate of drug-likeness (QED) is 0.305. The van der Waals surface area contributed by atoms with Crippen molar-refractivity contribution in [3.05, 3.63) is 83.0 Å². The van der Waals surface area contributed by atoms with Gasteiger partial charge in [-0.05, 0) is 49.2 Å². The topological polar surface area (TPSA) is 12.0 Å². The first kappa shape index (κ1) is 24.8. The number of benzene rings is 1. The molecular weight excluding hydrogens is 382 g/mol. The van der Waals surface area contributed by atoms with E-state index in [1.54, 1.807) is 5.57 Å². The Kier molecular flexibility index (Phi) is 10.2. The van der Waals surface area contributed by atoms with E-state index >= 15 is 0 Å². The zero-order valence-corrected chi connectivity index (χ0v) is 20.7. The molecule has 1 aliphatic rings. The fourth-order valence-electron chi connectivity index (χ4n) is 3.92. The maximum atomic E-state index is 3.59. The van der Waals surface area contributed by atoms with Crippen LogP contribution in [-0.4, -0.2) is 17.5 Å². The van der Waals surface area contributed by atoms with Crippen LogP contribution in [0.1, 0.15) is 59.9 Å². The summed E-state index contributed by atoms with van der Waals surface area (Å²) in [4.78, 5) is 0. The lowest BCUT2D eigenvalue weighted by Gasteiger charge is -2.37. The highest BCUT2D eigenvalue weighted by molar-refractivity contribution is 8.00. The van der Waals surface area contributed by atoms with Gasteiger partial charge in [-0.1, -0.05) is 99.6 Å². The molecule has 0 spiro atoms. The van der Waals surface area contributed by atoms with E-state index in [1.807, 2.05) is 0 Å². The lowest BCUT2D eigenvalue weighted by molar-refractivity contribution is 0.380. The van der Waals surface area contributed by atoms with Gasteiger partial charge in [0, 0.05) is 24.1 Å². The summed E-state index contributed by atoms with van der Waals surface area (Å²) in [5.41, 5.74) is 6.03. The van der Waals surface area contributed by atoms with E-state index in [-0.39, 0.29) is 5.41 Å². The fourth-order valence-corrected chi connectivity index (χ4v) is 5.13. The molecule has 0 saturated heterocycles. The molecule has 1 unspecified atom stereocenters. The first-order chi connectivity index (χ1) is 14.3. The Morgan fingerprint density at radius 1 is 1.23 bits per heavy atom. The molecule has 1 atom stereocenters. The summed E-state index contributed by atoms with van der Waals surface area (Å²) in [6, 6.07) is 10.7. The Hall–Kier alpha value is -1.51. The summed E-state index contributed by atoms with van der Waals surface area (Å²) >= 11 is 2.12. The van der Waals surface area contributed by atoms with Crippen LogP contribution < -0.4 is 5.32 Å². The van der Waals surface area contributed by atoms with Crippen LogP contribution in [0.4, 0.5) is 0 Å². The van der Waals surface area contributed by atoms with Crippen LogP contribution in [0.2, 0.25) is 0 Å². The van der Waals surface area contributed by atoms with E-state index in [2.05, 4.69) is 119 Å². The van der Waals surface area contributed by atoms with Gasteiger partial charge in [0.2, 0.25) is 0 Å². The highest BCUT2D eigenvalue weighted by Gasteiger charge is 2.31. The van der Waals surface area contributed by atoms with Gasteiger partial charge in [0.1, 0.15) is 0 Å². The molecule has 30 heavy (non-hydrogen) atoms. The van der Waals surface area contributed by atoms with Crippen LogP contribution in [0, 0.1) is 11.3 Å². The summed E-state index contributed by atoms with van der Waals surface area (Å²) in [6.07, 6.45) is 13.8. The minimum Gasteiger partial charge on any atom is -0.312 e. The van der Waals surface area contributed by atoms with Crippen LogP contribution in [0.25, 0.3) is 0 Å². The maximum Gasteiger partial charge on any atom is 0.0260 e. The highest BCUT2D eigenvalue weighted by Crippen LogP contribution is 2.44. The van der Waals surface area contributed by atoms with Gasteiger partial charge in [-0.15, -0.1) is 0 Å². The third-order valence-corrected chi connectivity index (χ3v) is 7.24. The van der Waals surface area contributed by atoms with Gasteiger partial charge in [-0.2, -0.15) is 11.8 Å². The second-order valence-electron chi connectivity index (χ2n) is 9.41. The van der Waals surface area contributed by atoms with Crippen molar-refractivity contribution in [3.8, 4) is 0 Å². The van der Waals surface area contributed by atoms with E-state index in [1.165, 1.54) is 29.6 Å². The third kappa shape index (κ3) is 8.32. The van der Waals surface area contributed by atoms with Crippen LogP contribution in [0.15, 0.2) is 77.4 Å². The lowest BCUT2D eigenvalue weighted by Crippen LogP contribution is -2.27. The smallest absolute Gasteiger partial charge is 0.0260 e. The minimum atomic E-state index is 0.261. The maximum absolute atomic E-state index is 3.59. The standard InChI is InChI=1S/C28H41NS/c1-22(2)11-10-12-23(3)15-16-26-24(4)27(17-18-28(26,5)6)30-20-19-29-21-25-13-8-7-9-14-25/h7-16,22,27,29H,17-21H2,1-6H3/b11-10+,16-15+,23-12+. The van der Waals surface area contributed by atoms with Crippen molar-refractivity contribution >= 4 is 11.8 Å². The molecule has 1 aliphatic carbocycles. The molecule has 0 heterocycles. The van der Waals surface area contributed by atoms with Gasteiger partial charge >= 0.3 is 0 Å². The van der Waals surface area contributed by atoms with Crippen molar-refractivity contribution in [2.24, 2.45) is 11.3 Å². The zero-order chi connectivity index (χ0) is 22.0. The summed E-state index contributed by atoms with van der Waals surface area (Å²) in [7, 11) is 0. The molecule has 1 nitrogen and oxygen atoms in total. The molecule has 0 radical (unpaired) electrons. The van der Waals surface area contributed by atoms with Crippen molar-refractivity contribution < 1.29 is 0 Å². The molecule has 2 heteroatoms. The second-order valence-corrected chi connectivity index (χ2v) is 10.7. The fraction of sp³-hybridized carbons (Fsp3) is 0.500. The average molecular weight is 424 g/mol. The lowest BCUT2D eigenvalue weighted by atomic mass is 9.72. The number of hydrogen-bond acceptors (Lipinski definition) is 2. The zero-order valence-electron chi connectivity index (χ0n) is 19.9. The molecule has 2 rings (SSSR count). The number of hydrogen-bond donors (Lipinski definition) is 1. The van der Waals surface area contributed by atoms with Crippen molar-refractivity contribution in [1.82, 2.24) is 5.32 Å². The van der Waals surface area contributed by atoms with Crippen molar-refractivity contribution in [2.75, 3.05) is 12.3 Å². The van der Waals surface area contributed by atoms with Crippen LogP contribution >= 0.6 is 11.8 Å². The molecule has 0 saturated carbocycles. The largest absolute Gasteiger partial charge is 0.312 e. The van der Waals surface area contributed by atoms with E-state index < -0.39 is 0 Å². The SMILES string of the molecule is CC1=C(/C=C/C(C)=C/C=C/C(C)C)C(C)(C)CCC1SCCNCc1ccccc1. The Labute approximate surface area is 189 Å². The average Bonchev–Trinajstić information content (AvgIpc) is 2.69. The highest BCUT2D eigenvalue weighted by atomic mass is 32.2. The molecule has 0 amide bonds. The number of nitrogens with one attached hydrogen (secondary N) is 1. The van der Waals surface area contributed by atoms with Gasteiger partial charge in [0.15, 0.2) is 0 Å². The first-order valence-corrected chi connectivity index (χ1v) is 12.4. The summed E-state index contributed by atoms with van der Waals surface area (Å²) < 4.78 is 0. The van der Waals surface area contributed by atoms with E-state index in [0.29, 0.717) is 11.2 Å². The van der Waals surface area contributed by atoms with Gasteiger partial charge in [0.25, 0.3) is 0 Å². The number of allylic oxidation sites excluding steroid dienone is 7. The molecular formula is C28H41NS. The number of rotatable bonds is 10. The molecule has 164 valence electrons.